The number of nitrogens with zero attached hydrogens (tertiary/aromatic N) is 1. The minimum Gasteiger partial charge on any atom is -0.311 e. The standard InChI is InChI=1S/C11H16N2O2/c1-3-7(2)9-6-10(14)13(8-4-5-8)11(15)12-9/h6-8H,3-5H2,1-2H3,(H,12,15). The minimum atomic E-state index is -0.250. The molecule has 0 aromatic carbocycles. The van der Waals surface area contributed by atoms with Gasteiger partial charge in [0.05, 0.1) is 0 Å². The maximum absolute atomic E-state index is 11.7. The van der Waals surface area contributed by atoms with Gasteiger partial charge in [-0.1, -0.05) is 13.8 Å². The average molecular weight is 208 g/mol. The van der Waals surface area contributed by atoms with E-state index in [1.165, 1.54) is 4.57 Å². The lowest BCUT2D eigenvalue weighted by Crippen LogP contribution is -2.35. The van der Waals surface area contributed by atoms with Crippen LogP contribution in [0.1, 0.15) is 50.8 Å². The molecule has 15 heavy (non-hydrogen) atoms. The van der Waals surface area contributed by atoms with Crippen molar-refractivity contribution in [1.82, 2.24) is 9.55 Å². The predicted molar refractivity (Wildman–Crippen MR) is 58.3 cm³/mol. The molecule has 0 saturated heterocycles. The molecule has 1 atom stereocenters. The normalized spacial score (nSPS) is 17.7. The van der Waals surface area contributed by atoms with E-state index >= 15 is 0 Å². The molecule has 1 aliphatic rings. The van der Waals surface area contributed by atoms with Crippen LogP contribution in [0.5, 0.6) is 0 Å². The predicted octanol–water partition coefficient (Wildman–Crippen LogP) is 1.39. The van der Waals surface area contributed by atoms with E-state index in [2.05, 4.69) is 4.98 Å². The van der Waals surface area contributed by atoms with Gasteiger partial charge in [0.1, 0.15) is 0 Å². The van der Waals surface area contributed by atoms with Gasteiger partial charge in [-0.05, 0) is 25.2 Å². The van der Waals surface area contributed by atoms with Gasteiger partial charge in [0.15, 0.2) is 0 Å². The van der Waals surface area contributed by atoms with Gasteiger partial charge in [-0.2, -0.15) is 0 Å². The second kappa shape index (κ2) is 3.68. The number of rotatable bonds is 3. The van der Waals surface area contributed by atoms with Crippen LogP contribution < -0.4 is 11.2 Å². The highest BCUT2D eigenvalue weighted by Gasteiger charge is 2.26. The van der Waals surface area contributed by atoms with Crippen molar-refractivity contribution < 1.29 is 0 Å². The van der Waals surface area contributed by atoms with Crippen molar-refractivity contribution in [2.75, 3.05) is 0 Å². The first kappa shape index (κ1) is 10.2. The molecule has 0 amide bonds. The third-order valence-electron chi connectivity index (χ3n) is 3.04. The van der Waals surface area contributed by atoms with E-state index < -0.39 is 0 Å². The first-order chi connectivity index (χ1) is 7.13. The van der Waals surface area contributed by atoms with Gasteiger partial charge < -0.3 is 4.98 Å². The molecule has 4 nitrogen and oxygen atoms in total. The second-order valence-electron chi connectivity index (χ2n) is 4.28. The Labute approximate surface area is 88.0 Å². The van der Waals surface area contributed by atoms with Gasteiger partial charge in [0.2, 0.25) is 0 Å². The minimum absolute atomic E-state index is 0.146. The fourth-order valence-electron chi connectivity index (χ4n) is 1.69. The molecule has 1 aromatic rings. The molecule has 2 rings (SSSR count). The van der Waals surface area contributed by atoms with E-state index in [1.54, 1.807) is 6.07 Å². The van der Waals surface area contributed by atoms with E-state index in [0.29, 0.717) is 0 Å². The third-order valence-corrected chi connectivity index (χ3v) is 3.04. The number of hydrogen-bond acceptors (Lipinski definition) is 2. The number of aromatic amines is 1. The summed E-state index contributed by atoms with van der Waals surface area (Å²) in [7, 11) is 0. The average Bonchev–Trinajstić information content (AvgIpc) is 2.99. The van der Waals surface area contributed by atoms with Crippen molar-refractivity contribution in [2.45, 2.75) is 45.1 Å². The summed E-state index contributed by atoms with van der Waals surface area (Å²) in [6, 6.07) is 1.71. The fraction of sp³-hybridized carbons (Fsp3) is 0.636. The molecule has 1 fully saturated rings. The smallest absolute Gasteiger partial charge is 0.311 e. The van der Waals surface area contributed by atoms with Crippen LogP contribution in [-0.4, -0.2) is 9.55 Å². The van der Waals surface area contributed by atoms with E-state index in [1.807, 2.05) is 13.8 Å². The molecule has 0 aliphatic heterocycles. The Balaban J connectivity index is 2.47. The molecule has 0 spiro atoms. The highest BCUT2D eigenvalue weighted by Crippen LogP contribution is 2.32. The van der Waals surface area contributed by atoms with Crippen LogP contribution >= 0.6 is 0 Å². The number of H-pyrrole nitrogens is 1. The molecule has 82 valence electrons. The van der Waals surface area contributed by atoms with E-state index in [0.717, 1.165) is 25.0 Å². The van der Waals surface area contributed by atoms with Crippen molar-refractivity contribution in [2.24, 2.45) is 0 Å². The second-order valence-corrected chi connectivity index (χ2v) is 4.28. The first-order valence-electron chi connectivity index (χ1n) is 5.49. The lowest BCUT2D eigenvalue weighted by atomic mass is 10.1. The molecule has 0 radical (unpaired) electrons. The lowest BCUT2D eigenvalue weighted by Gasteiger charge is -2.09. The molecule has 0 bridgehead atoms. The van der Waals surface area contributed by atoms with Crippen LogP contribution in [0, 0.1) is 0 Å². The molecule has 4 heteroatoms. The van der Waals surface area contributed by atoms with E-state index in [9.17, 15) is 9.59 Å². The van der Waals surface area contributed by atoms with E-state index in [-0.39, 0.29) is 23.2 Å². The maximum atomic E-state index is 11.7. The fourth-order valence-corrected chi connectivity index (χ4v) is 1.69. The molecule has 1 heterocycles. The first-order valence-corrected chi connectivity index (χ1v) is 5.49. The third kappa shape index (κ3) is 1.89. The van der Waals surface area contributed by atoms with Crippen LogP contribution in [0.4, 0.5) is 0 Å². The summed E-state index contributed by atoms with van der Waals surface area (Å²) >= 11 is 0. The number of hydrogen-bond donors (Lipinski definition) is 1. The quantitative estimate of drug-likeness (QED) is 0.816. The van der Waals surface area contributed by atoms with Gasteiger partial charge in [0.25, 0.3) is 5.56 Å². The number of aromatic nitrogens is 2. The van der Waals surface area contributed by atoms with Crippen molar-refractivity contribution >= 4 is 0 Å². The van der Waals surface area contributed by atoms with Crippen molar-refractivity contribution in [3.8, 4) is 0 Å². The van der Waals surface area contributed by atoms with E-state index in [4.69, 9.17) is 0 Å². The van der Waals surface area contributed by atoms with Crippen LogP contribution in [0.25, 0.3) is 0 Å². The van der Waals surface area contributed by atoms with Gasteiger partial charge in [0, 0.05) is 17.8 Å². The highest BCUT2D eigenvalue weighted by molar-refractivity contribution is 5.06. The van der Waals surface area contributed by atoms with Gasteiger partial charge in [-0.25, -0.2) is 4.79 Å². The van der Waals surface area contributed by atoms with Crippen molar-refractivity contribution in [3.05, 3.63) is 32.6 Å². The van der Waals surface area contributed by atoms with Gasteiger partial charge in [-0.15, -0.1) is 0 Å². The Morgan fingerprint density at radius 3 is 2.67 bits per heavy atom. The zero-order chi connectivity index (χ0) is 11.0. The summed E-state index contributed by atoms with van der Waals surface area (Å²) in [5, 5.41) is 0. The zero-order valence-electron chi connectivity index (χ0n) is 9.12. The summed E-state index contributed by atoms with van der Waals surface area (Å²) in [5.74, 6) is 0.235. The molecular formula is C11H16N2O2. The van der Waals surface area contributed by atoms with Gasteiger partial charge >= 0.3 is 5.69 Å². The number of nitrogens with one attached hydrogen (secondary N) is 1. The molecule has 1 N–H and O–H groups in total. The van der Waals surface area contributed by atoms with Crippen LogP contribution in [0.2, 0.25) is 0 Å². The Morgan fingerprint density at radius 1 is 1.53 bits per heavy atom. The molecule has 1 saturated carbocycles. The Kier molecular flexibility index (Phi) is 2.50. The summed E-state index contributed by atoms with van der Waals surface area (Å²) in [5.41, 5.74) is 0.348. The lowest BCUT2D eigenvalue weighted by molar-refractivity contribution is 0.622. The molecule has 1 aromatic heterocycles. The van der Waals surface area contributed by atoms with Crippen molar-refractivity contribution in [3.63, 3.8) is 0 Å². The van der Waals surface area contributed by atoms with Crippen molar-refractivity contribution in [1.29, 1.82) is 0 Å². The zero-order valence-corrected chi connectivity index (χ0v) is 9.12. The monoisotopic (exact) mass is 208 g/mol. The topological polar surface area (TPSA) is 54.9 Å². The summed E-state index contributed by atoms with van der Waals surface area (Å²) in [6.07, 6.45) is 2.82. The van der Waals surface area contributed by atoms with Crippen LogP contribution in [0.3, 0.4) is 0 Å². The Hall–Kier alpha value is -1.32. The SMILES string of the molecule is CCC(C)c1cc(=O)n(C2CC2)c(=O)[nH]1. The molecule has 1 aliphatic carbocycles. The summed E-state index contributed by atoms with van der Waals surface area (Å²) < 4.78 is 1.34. The Bertz CT molecular complexity index is 437. The van der Waals surface area contributed by atoms with Crippen LogP contribution in [0.15, 0.2) is 15.7 Å². The molecule has 1 unspecified atom stereocenters. The molecular weight excluding hydrogens is 192 g/mol. The maximum Gasteiger partial charge on any atom is 0.328 e. The largest absolute Gasteiger partial charge is 0.328 e. The van der Waals surface area contributed by atoms with Crippen LogP contribution in [-0.2, 0) is 0 Å². The Morgan fingerprint density at radius 2 is 2.20 bits per heavy atom. The van der Waals surface area contributed by atoms with Gasteiger partial charge in [-0.3, -0.25) is 9.36 Å². The summed E-state index contributed by atoms with van der Waals surface area (Å²) in [6.45, 7) is 4.04. The highest BCUT2D eigenvalue weighted by atomic mass is 16.2. The summed E-state index contributed by atoms with van der Waals surface area (Å²) in [4.78, 5) is 26.2.